The van der Waals surface area contributed by atoms with Gasteiger partial charge in [-0.05, 0) is 24.0 Å². The van der Waals surface area contributed by atoms with Gasteiger partial charge in [-0.3, -0.25) is 9.36 Å². The summed E-state index contributed by atoms with van der Waals surface area (Å²) in [6.07, 6.45) is 2.59. The van der Waals surface area contributed by atoms with E-state index in [1.807, 2.05) is 60.7 Å². The lowest BCUT2D eigenvalue weighted by Gasteiger charge is -2.18. The number of H-pyrrole nitrogens is 1. The van der Waals surface area contributed by atoms with Crippen LogP contribution in [0, 0.1) is 0 Å². The van der Waals surface area contributed by atoms with Crippen LogP contribution in [0.4, 0.5) is 0 Å². The van der Waals surface area contributed by atoms with Crippen molar-refractivity contribution in [3.8, 4) is 0 Å². The number of hydrogen-bond acceptors (Lipinski definition) is 4. The highest BCUT2D eigenvalue weighted by atomic mass is 32.2. The van der Waals surface area contributed by atoms with Gasteiger partial charge in [0.1, 0.15) is 0 Å². The molecule has 1 amide bonds. The molecule has 152 valence electrons. The Labute approximate surface area is 174 Å². The molecule has 0 bridgehead atoms. The molecule has 2 N–H and O–H groups in total. The second-order valence-corrected chi connectivity index (χ2v) is 7.75. The van der Waals surface area contributed by atoms with Gasteiger partial charge in [-0.2, -0.15) is 0 Å². The molecule has 0 radical (unpaired) electrons. The minimum atomic E-state index is -0.253. The number of carbonyl (C=O) groups excluding carboxylic acids is 1. The standard InChI is InChI=1S/C22H26N4O2S/c1-2-9-19(18-12-7-4-8-13-18)23-20(27)16-29-22-25-24-21(28)26(22)15-14-17-10-5-3-6-11-17/h3-8,10-13,19H,2,9,14-16H2,1H3,(H,23,27)(H,24,28)/t19-/m1/s1. The molecular formula is C22H26N4O2S. The van der Waals surface area contributed by atoms with Crippen molar-refractivity contribution in [1.82, 2.24) is 20.1 Å². The van der Waals surface area contributed by atoms with Crippen LogP contribution in [0.1, 0.15) is 36.9 Å². The number of hydrogen-bond donors (Lipinski definition) is 2. The zero-order valence-corrected chi connectivity index (χ0v) is 17.3. The van der Waals surface area contributed by atoms with E-state index in [4.69, 9.17) is 0 Å². The molecule has 1 aromatic heterocycles. The first kappa shape index (κ1) is 20.9. The molecular weight excluding hydrogens is 384 g/mol. The van der Waals surface area contributed by atoms with Crippen molar-refractivity contribution < 1.29 is 4.79 Å². The zero-order valence-electron chi connectivity index (χ0n) is 16.5. The predicted molar refractivity (Wildman–Crippen MR) is 116 cm³/mol. The van der Waals surface area contributed by atoms with E-state index in [9.17, 15) is 9.59 Å². The monoisotopic (exact) mass is 410 g/mol. The normalized spacial score (nSPS) is 11.9. The molecule has 0 aliphatic carbocycles. The minimum absolute atomic E-state index is 0.00578. The third-order valence-electron chi connectivity index (χ3n) is 4.64. The van der Waals surface area contributed by atoms with Crippen molar-refractivity contribution in [2.75, 3.05) is 5.75 Å². The van der Waals surface area contributed by atoms with Gasteiger partial charge in [-0.1, -0.05) is 85.8 Å². The Bertz CT molecular complexity index is 954. The number of amides is 1. The maximum absolute atomic E-state index is 12.5. The Morgan fingerprint density at radius 3 is 2.52 bits per heavy atom. The Balaban J connectivity index is 1.58. The van der Waals surface area contributed by atoms with Crippen LogP contribution in [0.5, 0.6) is 0 Å². The summed E-state index contributed by atoms with van der Waals surface area (Å²) in [5.74, 6) is 0.144. The molecule has 0 aliphatic heterocycles. The van der Waals surface area contributed by atoms with E-state index in [1.165, 1.54) is 11.8 Å². The van der Waals surface area contributed by atoms with Crippen LogP contribution in [-0.2, 0) is 17.8 Å². The van der Waals surface area contributed by atoms with Crippen LogP contribution in [0.2, 0.25) is 0 Å². The number of nitrogens with one attached hydrogen (secondary N) is 2. The van der Waals surface area contributed by atoms with Crippen LogP contribution in [0.25, 0.3) is 0 Å². The summed E-state index contributed by atoms with van der Waals surface area (Å²) in [6.45, 7) is 2.62. The lowest BCUT2D eigenvalue weighted by Crippen LogP contribution is -2.30. The Morgan fingerprint density at radius 1 is 1.14 bits per heavy atom. The van der Waals surface area contributed by atoms with Crippen molar-refractivity contribution in [2.24, 2.45) is 0 Å². The van der Waals surface area contributed by atoms with E-state index in [0.29, 0.717) is 11.7 Å². The van der Waals surface area contributed by atoms with Gasteiger partial charge in [-0.15, -0.1) is 5.10 Å². The van der Waals surface area contributed by atoms with Crippen molar-refractivity contribution in [1.29, 1.82) is 0 Å². The predicted octanol–water partition coefficient (Wildman–Crippen LogP) is 3.56. The number of aromatic amines is 1. The third kappa shape index (κ3) is 6.09. The summed E-state index contributed by atoms with van der Waals surface area (Å²) in [5, 5.41) is 10.2. The molecule has 0 spiro atoms. The van der Waals surface area contributed by atoms with E-state index < -0.39 is 0 Å². The fourth-order valence-electron chi connectivity index (χ4n) is 3.16. The molecule has 29 heavy (non-hydrogen) atoms. The topological polar surface area (TPSA) is 79.8 Å². The molecule has 3 aromatic rings. The molecule has 0 saturated carbocycles. The largest absolute Gasteiger partial charge is 0.349 e. The molecule has 0 aliphatic rings. The van der Waals surface area contributed by atoms with E-state index in [-0.39, 0.29) is 23.4 Å². The highest BCUT2D eigenvalue weighted by molar-refractivity contribution is 7.99. The van der Waals surface area contributed by atoms with Gasteiger partial charge in [0, 0.05) is 6.54 Å². The van der Waals surface area contributed by atoms with Crippen molar-refractivity contribution >= 4 is 17.7 Å². The van der Waals surface area contributed by atoms with Gasteiger partial charge in [0.2, 0.25) is 5.91 Å². The molecule has 1 atom stereocenters. The molecule has 7 heteroatoms. The quantitative estimate of drug-likeness (QED) is 0.501. The average Bonchev–Trinajstić information content (AvgIpc) is 3.11. The maximum Gasteiger partial charge on any atom is 0.343 e. The summed E-state index contributed by atoms with van der Waals surface area (Å²) in [4.78, 5) is 24.6. The number of aryl methyl sites for hydroxylation is 1. The fourth-order valence-corrected chi connectivity index (χ4v) is 3.94. The van der Waals surface area contributed by atoms with Gasteiger partial charge in [-0.25, -0.2) is 9.89 Å². The van der Waals surface area contributed by atoms with Gasteiger partial charge in [0.15, 0.2) is 5.16 Å². The van der Waals surface area contributed by atoms with Gasteiger partial charge in [0.25, 0.3) is 0 Å². The Hall–Kier alpha value is -2.80. The second-order valence-electron chi connectivity index (χ2n) is 6.81. The van der Waals surface area contributed by atoms with Crippen LogP contribution in [0.3, 0.4) is 0 Å². The number of carbonyl (C=O) groups is 1. The molecule has 6 nitrogen and oxygen atoms in total. The lowest BCUT2D eigenvalue weighted by molar-refractivity contribution is -0.119. The van der Waals surface area contributed by atoms with Gasteiger partial charge >= 0.3 is 5.69 Å². The molecule has 0 saturated heterocycles. The molecule has 1 heterocycles. The first-order chi connectivity index (χ1) is 14.2. The minimum Gasteiger partial charge on any atom is -0.349 e. The maximum atomic E-state index is 12.5. The van der Waals surface area contributed by atoms with Crippen LogP contribution in [0.15, 0.2) is 70.6 Å². The molecule has 2 aromatic carbocycles. The molecule has 0 fully saturated rings. The Kier molecular flexibility index (Phi) is 7.69. The summed E-state index contributed by atoms with van der Waals surface area (Å²) in [7, 11) is 0. The third-order valence-corrected chi connectivity index (χ3v) is 5.61. The highest BCUT2D eigenvalue weighted by Crippen LogP contribution is 2.19. The molecule has 3 rings (SSSR count). The first-order valence-corrected chi connectivity index (χ1v) is 10.8. The lowest BCUT2D eigenvalue weighted by atomic mass is 10.0. The zero-order chi connectivity index (χ0) is 20.5. The second kappa shape index (κ2) is 10.7. The fraction of sp³-hybridized carbons (Fsp3) is 0.318. The van der Waals surface area contributed by atoms with Crippen molar-refractivity contribution in [2.45, 2.75) is 43.9 Å². The SMILES string of the molecule is CCC[C@@H](NC(=O)CSc1n[nH]c(=O)n1CCc1ccccc1)c1ccccc1. The average molecular weight is 411 g/mol. The van der Waals surface area contributed by atoms with E-state index in [0.717, 1.165) is 30.4 Å². The Morgan fingerprint density at radius 2 is 1.83 bits per heavy atom. The molecule has 0 unspecified atom stereocenters. The summed E-state index contributed by atoms with van der Waals surface area (Å²) < 4.78 is 1.59. The van der Waals surface area contributed by atoms with E-state index >= 15 is 0 Å². The van der Waals surface area contributed by atoms with E-state index in [2.05, 4.69) is 22.4 Å². The number of benzene rings is 2. The summed E-state index contributed by atoms with van der Waals surface area (Å²) in [6, 6.07) is 20.0. The highest BCUT2D eigenvalue weighted by Gasteiger charge is 2.16. The van der Waals surface area contributed by atoms with Gasteiger partial charge in [0.05, 0.1) is 11.8 Å². The van der Waals surface area contributed by atoms with Crippen LogP contribution in [-0.4, -0.2) is 26.4 Å². The first-order valence-electron chi connectivity index (χ1n) is 9.83. The smallest absolute Gasteiger partial charge is 0.343 e. The van der Waals surface area contributed by atoms with Gasteiger partial charge < -0.3 is 5.32 Å². The van der Waals surface area contributed by atoms with Crippen LogP contribution < -0.4 is 11.0 Å². The summed E-state index contributed by atoms with van der Waals surface area (Å²) in [5.41, 5.74) is 2.00. The van der Waals surface area contributed by atoms with Crippen molar-refractivity contribution in [3.63, 3.8) is 0 Å². The van der Waals surface area contributed by atoms with Crippen LogP contribution >= 0.6 is 11.8 Å². The van der Waals surface area contributed by atoms with Crippen molar-refractivity contribution in [3.05, 3.63) is 82.3 Å². The number of thioether (sulfide) groups is 1. The number of nitrogens with zero attached hydrogens (tertiary/aromatic N) is 2. The van der Waals surface area contributed by atoms with E-state index in [1.54, 1.807) is 4.57 Å². The summed E-state index contributed by atoms with van der Waals surface area (Å²) >= 11 is 1.27. The number of aromatic nitrogens is 3. The number of rotatable bonds is 10.